The monoisotopic (exact) mass is 503 g/mol. The molecule has 3 rings (SSSR count). The van der Waals surface area contributed by atoms with Crippen LogP contribution in [0.4, 0.5) is 0 Å². The number of guanidine groups is 1. The number of hydrogen-bond donors (Lipinski definition) is 1. The Bertz CT molecular complexity index is 616. The standard InChI is InChI=1S/C20H37N7.HI/c1-21-19(25(3)15-18-14-23-26(4)16-18)22-17-20(8-12-24(2)13-9-20)27-10-6-5-7-11-27;/h14,16H,5-13,15,17H2,1-4H3,(H,21,22);1H. The summed E-state index contributed by atoms with van der Waals surface area (Å²) >= 11 is 0. The summed E-state index contributed by atoms with van der Waals surface area (Å²) in [5, 5.41) is 7.98. The van der Waals surface area contributed by atoms with Gasteiger partial charge in [-0.3, -0.25) is 14.6 Å². The van der Waals surface area contributed by atoms with Crippen molar-refractivity contribution >= 4 is 29.9 Å². The number of aryl methyl sites for hydroxylation is 1. The second-order valence-electron chi connectivity index (χ2n) is 8.35. The van der Waals surface area contributed by atoms with Crippen LogP contribution >= 0.6 is 24.0 Å². The molecule has 0 spiro atoms. The third kappa shape index (κ3) is 5.82. The molecule has 8 heteroatoms. The minimum atomic E-state index is 0. The average Bonchev–Trinajstić information content (AvgIpc) is 3.09. The van der Waals surface area contributed by atoms with Crippen LogP contribution in [0.25, 0.3) is 0 Å². The van der Waals surface area contributed by atoms with Crippen molar-refractivity contribution in [2.45, 2.75) is 44.2 Å². The lowest BCUT2D eigenvalue weighted by Gasteiger charge is -2.50. The minimum Gasteiger partial charge on any atom is -0.354 e. The number of nitrogens with zero attached hydrogens (tertiary/aromatic N) is 6. The van der Waals surface area contributed by atoms with Gasteiger partial charge in [0.2, 0.25) is 0 Å². The lowest BCUT2D eigenvalue weighted by molar-refractivity contribution is 0.0170. The molecule has 1 aromatic rings. The zero-order chi connectivity index (χ0) is 19.3. The van der Waals surface area contributed by atoms with Gasteiger partial charge in [0.25, 0.3) is 0 Å². The highest BCUT2D eigenvalue weighted by molar-refractivity contribution is 14.0. The van der Waals surface area contributed by atoms with E-state index in [2.05, 4.69) is 50.4 Å². The highest BCUT2D eigenvalue weighted by atomic mass is 127. The smallest absolute Gasteiger partial charge is 0.193 e. The Morgan fingerprint density at radius 2 is 1.86 bits per heavy atom. The molecule has 3 heterocycles. The molecule has 160 valence electrons. The van der Waals surface area contributed by atoms with E-state index in [1.807, 2.05) is 25.0 Å². The fourth-order valence-electron chi connectivity index (χ4n) is 4.54. The molecule has 2 aliphatic rings. The van der Waals surface area contributed by atoms with Crippen molar-refractivity contribution in [3.8, 4) is 0 Å². The van der Waals surface area contributed by atoms with Gasteiger partial charge < -0.3 is 15.1 Å². The lowest BCUT2D eigenvalue weighted by Crippen LogP contribution is -2.62. The van der Waals surface area contributed by atoms with Crippen molar-refractivity contribution in [2.24, 2.45) is 12.0 Å². The van der Waals surface area contributed by atoms with E-state index in [9.17, 15) is 0 Å². The molecule has 0 atom stereocenters. The van der Waals surface area contributed by atoms with Crippen LogP contribution in [-0.2, 0) is 13.6 Å². The highest BCUT2D eigenvalue weighted by Gasteiger charge is 2.39. The molecule has 0 unspecified atom stereocenters. The molecule has 1 N–H and O–H groups in total. The quantitative estimate of drug-likeness (QED) is 0.379. The number of rotatable bonds is 5. The SMILES string of the molecule is CN=C(NCC1(N2CCCCC2)CCN(C)CC1)N(C)Cc1cnn(C)c1.I. The van der Waals surface area contributed by atoms with E-state index in [1.165, 1.54) is 63.8 Å². The summed E-state index contributed by atoms with van der Waals surface area (Å²) in [4.78, 5) is 12.0. The lowest BCUT2D eigenvalue weighted by atomic mass is 9.84. The summed E-state index contributed by atoms with van der Waals surface area (Å²) in [7, 11) is 8.18. The van der Waals surface area contributed by atoms with Gasteiger partial charge in [-0.25, -0.2) is 0 Å². The Hall–Kier alpha value is -0.870. The van der Waals surface area contributed by atoms with Crippen LogP contribution in [-0.4, -0.2) is 89.8 Å². The third-order valence-electron chi connectivity index (χ3n) is 6.27. The van der Waals surface area contributed by atoms with Gasteiger partial charge in [-0.2, -0.15) is 5.10 Å². The first kappa shape index (κ1) is 23.4. The van der Waals surface area contributed by atoms with Gasteiger partial charge in [0, 0.05) is 51.5 Å². The summed E-state index contributed by atoms with van der Waals surface area (Å²) in [6, 6.07) is 0. The summed E-state index contributed by atoms with van der Waals surface area (Å²) in [5.74, 6) is 0.967. The second kappa shape index (κ2) is 10.8. The number of piperidine rings is 2. The molecule has 0 bridgehead atoms. The first-order chi connectivity index (χ1) is 13.0. The molecule has 2 fully saturated rings. The molecule has 28 heavy (non-hydrogen) atoms. The van der Waals surface area contributed by atoms with Gasteiger partial charge in [-0.05, 0) is 58.9 Å². The summed E-state index contributed by atoms with van der Waals surface area (Å²) in [6.07, 6.45) is 10.5. The maximum Gasteiger partial charge on any atom is 0.193 e. The highest BCUT2D eigenvalue weighted by Crippen LogP contribution is 2.30. The summed E-state index contributed by atoms with van der Waals surface area (Å²) < 4.78 is 1.85. The fraction of sp³-hybridized carbons (Fsp3) is 0.800. The van der Waals surface area contributed by atoms with E-state index in [0.717, 1.165) is 19.0 Å². The van der Waals surface area contributed by atoms with E-state index >= 15 is 0 Å². The summed E-state index contributed by atoms with van der Waals surface area (Å²) in [5.41, 5.74) is 1.46. The Kier molecular flexibility index (Phi) is 9.01. The van der Waals surface area contributed by atoms with Crippen LogP contribution in [0.15, 0.2) is 17.4 Å². The van der Waals surface area contributed by atoms with Gasteiger partial charge >= 0.3 is 0 Å². The van der Waals surface area contributed by atoms with Crippen molar-refractivity contribution in [3.63, 3.8) is 0 Å². The normalized spacial score (nSPS) is 21.2. The van der Waals surface area contributed by atoms with Crippen LogP contribution in [0.1, 0.15) is 37.7 Å². The van der Waals surface area contributed by atoms with E-state index < -0.39 is 0 Å². The van der Waals surface area contributed by atoms with E-state index in [0.29, 0.717) is 0 Å². The number of nitrogens with one attached hydrogen (secondary N) is 1. The predicted octanol–water partition coefficient (Wildman–Crippen LogP) is 2.00. The van der Waals surface area contributed by atoms with Gasteiger partial charge in [0.1, 0.15) is 0 Å². The van der Waals surface area contributed by atoms with Crippen LogP contribution < -0.4 is 5.32 Å². The van der Waals surface area contributed by atoms with Crippen molar-refractivity contribution in [1.82, 2.24) is 29.8 Å². The first-order valence-electron chi connectivity index (χ1n) is 10.4. The van der Waals surface area contributed by atoms with Crippen molar-refractivity contribution in [2.75, 3.05) is 53.9 Å². The third-order valence-corrected chi connectivity index (χ3v) is 6.27. The van der Waals surface area contributed by atoms with Gasteiger partial charge in [0.15, 0.2) is 5.96 Å². The molecular formula is C20H38IN7. The van der Waals surface area contributed by atoms with E-state index in [-0.39, 0.29) is 29.5 Å². The van der Waals surface area contributed by atoms with E-state index in [1.54, 1.807) is 0 Å². The Morgan fingerprint density at radius 1 is 1.18 bits per heavy atom. The number of halogens is 1. The topological polar surface area (TPSA) is 51.9 Å². The molecule has 2 saturated heterocycles. The molecule has 0 aromatic carbocycles. The van der Waals surface area contributed by atoms with Crippen LogP contribution in [0, 0.1) is 0 Å². The molecule has 0 amide bonds. The molecule has 2 aliphatic heterocycles. The van der Waals surface area contributed by atoms with Gasteiger partial charge in [-0.15, -0.1) is 24.0 Å². The number of likely N-dealkylation sites (tertiary alicyclic amines) is 2. The first-order valence-corrected chi connectivity index (χ1v) is 10.4. The average molecular weight is 503 g/mol. The molecule has 7 nitrogen and oxygen atoms in total. The fourth-order valence-corrected chi connectivity index (χ4v) is 4.54. The zero-order valence-corrected chi connectivity index (χ0v) is 20.4. The van der Waals surface area contributed by atoms with Crippen LogP contribution in [0.5, 0.6) is 0 Å². The Morgan fingerprint density at radius 3 is 2.43 bits per heavy atom. The zero-order valence-electron chi connectivity index (χ0n) is 18.0. The molecule has 1 aromatic heterocycles. The van der Waals surface area contributed by atoms with Crippen LogP contribution in [0.2, 0.25) is 0 Å². The maximum atomic E-state index is 4.54. The molecule has 0 aliphatic carbocycles. The second-order valence-corrected chi connectivity index (χ2v) is 8.35. The van der Waals surface area contributed by atoms with Crippen molar-refractivity contribution in [3.05, 3.63) is 18.0 Å². The van der Waals surface area contributed by atoms with Gasteiger partial charge in [0.05, 0.1) is 6.20 Å². The Balaban J connectivity index is 0.00000280. The molecule has 0 radical (unpaired) electrons. The number of hydrogen-bond acceptors (Lipinski definition) is 4. The van der Waals surface area contributed by atoms with Crippen molar-refractivity contribution < 1.29 is 0 Å². The van der Waals surface area contributed by atoms with Gasteiger partial charge in [-0.1, -0.05) is 6.42 Å². The molecular weight excluding hydrogens is 465 g/mol. The minimum absolute atomic E-state index is 0. The number of aromatic nitrogens is 2. The van der Waals surface area contributed by atoms with E-state index in [4.69, 9.17) is 0 Å². The maximum absolute atomic E-state index is 4.54. The predicted molar refractivity (Wildman–Crippen MR) is 126 cm³/mol. The van der Waals surface area contributed by atoms with Crippen LogP contribution in [0.3, 0.4) is 0 Å². The summed E-state index contributed by atoms with van der Waals surface area (Å²) in [6.45, 7) is 6.65. The number of aliphatic imine (C=N–C) groups is 1. The van der Waals surface area contributed by atoms with Crippen molar-refractivity contribution in [1.29, 1.82) is 0 Å². The Labute approximate surface area is 187 Å². The largest absolute Gasteiger partial charge is 0.354 e. The molecule has 0 saturated carbocycles.